The maximum Gasteiger partial charge on any atom is 0.217 e. The highest BCUT2D eigenvalue weighted by Gasteiger charge is 2.31. The van der Waals surface area contributed by atoms with E-state index in [2.05, 4.69) is 15.2 Å². The molecule has 1 saturated heterocycles. The van der Waals surface area contributed by atoms with E-state index >= 15 is 0 Å². The van der Waals surface area contributed by atoms with Crippen LogP contribution in [-0.2, 0) is 9.53 Å². The molecule has 0 spiro atoms. The predicted molar refractivity (Wildman–Crippen MR) is 110 cm³/mol. The van der Waals surface area contributed by atoms with Crippen LogP contribution in [0.1, 0.15) is 39.5 Å². The molecule has 1 aliphatic carbocycles. The third-order valence-electron chi connectivity index (χ3n) is 5.29. The molecule has 0 unspecified atom stereocenters. The van der Waals surface area contributed by atoms with E-state index in [0.717, 1.165) is 41.4 Å². The normalized spacial score (nSPS) is 22.9. The van der Waals surface area contributed by atoms with E-state index in [4.69, 9.17) is 14.5 Å². The summed E-state index contributed by atoms with van der Waals surface area (Å²) in [4.78, 5) is 23.6. The first-order chi connectivity index (χ1) is 13.6. The minimum atomic E-state index is -0.0195. The van der Waals surface area contributed by atoms with Crippen molar-refractivity contribution in [1.29, 1.82) is 0 Å². The first-order valence-corrected chi connectivity index (χ1v) is 10.9. The molecule has 7 nitrogen and oxygen atoms in total. The van der Waals surface area contributed by atoms with Crippen molar-refractivity contribution in [2.24, 2.45) is 5.92 Å². The molecule has 2 aromatic heterocycles. The highest BCUT2D eigenvalue weighted by Crippen LogP contribution is 2.33. The van der Waals surface area contributed by atoms with Gasteiger partial charge in [-0.05, 0) is 44.6 Å². The van der Waals surface area contributed by atoms with Gasteiger partial charge in [-0.3, -0.25) is 4.79 Å². The standard InChI is InChI=1S/C20H28N4O3S/c1-13(21-14(2)25)11-26-16-9-15(10-16)12-27-18-6-5-17-19(23-18)28-20(22-17)24-7-3-4-8-24/h5-6,13,15-16H,3-4,7-12H2,1-2H3,(H,21,25)/t13-,15?,16?/m0/s1. The molecule has 152 valence electrons. The van der Waals surface area contributed by atoms with E-state index in [-0.39, 0.29) is 18.1 Å². The number of aromatic nitrogens is 2. The molecular formula is C20H28N4O3S. The number of thiazole rings is 1. The summed E-state index contributed by atoms with van der Waals surface area (Å²) in [5.74, 6) is 1.15. The molecule has 1 amide bonds. The number of hydrogen-bond donors (Lipinski definition) is 1. The van der Waals surface area contributed by atoms with Crippen LogP contribution in [0.4, 0.5) is 5.13 Å². The molecule has 3 heterocycles. The van der Waals surface area contributed by atoms with Crippen molar-refractivity contribution in [3.05, 3.63) is 12.1 Å². The van der Waals surface area contributed by atoms with Crippen molar-refractivity contribution >= 4 is 32.7 Å². The number of rotatable bonds is 8. The maximum atomic E-state index is 11.0. The first-order valence-electron chi connectivity index (χ1n) is 10.1. The molecule has 2 aromatic rings. The molecule has 0 bridgehead atoms. The van der Waals surface area contributed by atoms with Gasteiger partial charge in [0.2, 0.25) is 11.8 Å². The Morgan fingerprint density at radius 3 is 2.86 bits per heavy atom. The number of carbonyl (C=O) groups is 1. The van der Waals surface area contributed by atoms with Crippen molar-refractivity contribution in [3.8, 4) is 5.88 Å². The number of fused-ring (bicyclic) bond motifs is 1. The molecule has 2 aliphatic rings. The molecule has 1 aliphatic heterocycles. The molecule has 1 atom stereocenters. The van der Waals surface area contributed by atoms with Gasteiger partial charge >= 0.3 is 0 Å². The van der Waals surface area contributed by atoms with Crippen LogP contribution in [0.15, 0.2) is 12.1 Å². The number of anilines is 1. The van der Waals surface area contributed by atoms with Gasteiger partial charge in [0, 0.05) is 32.1 Å². The number of carbonyl (C=O) groups excluding carboxylic acids is 1. The highest BCUT2D eigenvalue weighted by atomic mass is 32.1. The number of ether oxygens (including phenoxy) is 2. The SMILES string of the molecule is CC(=O)N[C@@H](C)COC1CC(COc2ccc3nc(N4CCCC4)sc3n2)C1. The van der Waals surface area contributed by atoms with Crippen LogP contribution < -0.4 is 15.0 Å². The van der Waals surface area contributed by atoms with Crippen LogP contribution in [0.25, 0.3) is 10.3 Å². The average Bonchev–Trinajstić information content (AvgIpc) is 3.28. The first kappa shape index (κ1) is 19.4. The summed E-state index contributed by atoms with van der Waals surface area (Å²) in [5, 5.41) is 3.91. The van der Waals surface area contributed by atoms with Gasteiger partial charge in [0.05, 0.1) is 19.3 Å². The van der Waals surface area contributed by atoms with Crippen LogP contribution >= 0.6 is 11.3 Å². The number of pyridine rings is 1. The van der Waals surface area contributed by atoms with E-state index in [9.17, 15) is 4.79 Å². The van der Waals surface area contributed by atoms with Crippen molar-refractivity contribution in [1.82, 2.24) is 15.3 Å². The summed E-state index contributed by atoms with van der Waals surface area (Å²) in [6.45, 7) is 6.89. The summed E-state index contributed by atoms with van der Waals surface area (Å²) in [6, 6.07) is 3.97. The summed E-state index contributed by atoms with van der Waals surface area (Å²) >= 11 is 1.65. The smallest absolute Gasteiger partial charge is 0.217 e. The molecule has 1 N–H and O–H groups in total. The molecule has 8 heteroatoms. The number of nitrogens with zero attached hydrogens (tertiary/aromatic N) is 3. The second kappa shape index (κ2) is 8.61. The fourth-order valence-electron chi connectivity index (χ4n) is 3.73. The Bertz CT molecular complexity index is 815. The minimum Gasteiger partial charge on any atom is -0.477 e. The minimum absolute atomic E-state index is 0.0195. The van der Waals surface area contributed by atoms with Gasteiger partial charge in [-0.25, -0.2) is 9.97 Å². The van der Waals surface area contributed by atoms with Crippen molar-refractivity contribution in [2.45, 2.75) is 51.7 Å². The Morgan fingerprint density at radius 2 is 2.11 bits per heavy atom. The van der Waals surface area contributed by atoms with Gasteiger partial charge in [-0.2, -0.15) is 0 Å². The van der Waals surface area contributed by atoms with Crippen LogP contribution in [0.2, 0.25) is 0 Å². The van der Waals surface area contributed by atoms with Gasteiger partial charge in [0.15, 0.2) is 5.13 Å². The molecular weight excluding hydrogens is 376 g/mol. The number of hydrogen-bond acceptors (Lipinski definition) is 7. The van der Waals surface area contributed by atoms with Crippen molar-refractivity contribution in [3.63, 3.8) is 0 Å². The lowest BCUT2D eigenvalue weighted by Gasteiger charge is -2.35. The van der Waals surface area contributed by atoms with Crippen LogP contribution in [0.5, 0.6) is 5.88 Å². The van der Waals surface area contributed by atoms with Gasteiger partial charge < -0.3 is 19.7 Å². The van der Waals surface area contributed by atoms with Crippen molar-refractivity contribution < 1.29 is 14.3 Å². The van der Waals surface area contributed by atoms with E-state index in [1.807, 2.05) is 19.1 Å². The van der Waals surface area contributed by atoms with E-state index in [1.54, 1.807) is 11.3 Å². The van der Waals surface area contributed by atoms with Crippen molar-refractivity contribution in [2.75, 3.05) is 31.2 Å². The van der Waals surface area contributed by atoms with E-state index in [1.165, 1.54) is 19.8 Å². The second-order valence-electron chi connectivity index (χ2n) is 7.87. The largest absolute Gasteiger partial charge is 0.477 e. The molecule has 1 saturated carbocycles. The predicted octanol–water partition coefficient (Wildman–Crippen LogP) is 2.99. The highest BCUT2D eigenvalue weighted by molar-refractivity contribution is 7.21. The van der Waals surface area contributed by atoms with Gasteiger partial charge in [0.1, 0.15) is 10.3 Å². The zero-order chi connectivity index (χ0) is 19.5. The monoisotopic (exact) mass is 404 g/mol. The lowest BCUT2D eigenvalue weighted by molar-refractivity contribution is -0.120. The molecule has 2 fully saturated rings. The number of nitrogens with one attached hydrogen (secondary N) is 1. The topological polar surface area (TPSA) is 76.6 Å². The quantitative estimate of drug-likeness (QED) is 0.729. The Hall–Kier alpha value is -1.93. The number of amides is 1. The lowest BCUT2D eigenvalue weighted by atomic mass is 9.83. The second-order valence-corrected chi connectivity index (χ2v) is 8.83. The summed E-state index contributed by atoms with van der Waals surface area (Å²) in [7, 11) is 0. The Morgan fingerprint density at radius 1 is 1.32 bits per heavy atom. The molecule has 4 rings (SSSR count). The lowest BCUT2D eigenvalue weighted by Crippen LogP contribution is -2.40. The molecule has 0 aromatic carbocycles. The molecule has 28 heavy (non-hydrogen) atoms. The Labute approximate surface area is 169 Å². The fraction of sp³-hybridized carbons (Fsp3) is 0.650. The van der Waals surface area contributed by atoms with Crippen LogP contribution in [0, 0.1) is 5.92 Å². The zero-order valence-corrected chi connectivity index (χ0v) is 17.3. The van der Waals surface area contributed by atoms with Gasteiger partial charge in [-0.15, -0.1) is 0 Å². The Balaban J connectivity index is 1.21. The van der Waals surface area contributed by atoms with Gasteiger partial charge in [0.25, 0.3) is 0 Å². The summed E-state index contributed by atoms with van der Waals surface area (Å²) in [6.07, 6.45) is 4.75. The average molecular weight is 405 g/mol. The Kier molecular flexibility index (Phi) is 5.96. The van der Waals surface area contributed by atoms with Gasteiger partial charge in [-0.1, -0.05) is 11.3 Å². The van der Waals surface area contributed by atoms with E-state index < -0.39 is 0 Å². The van der Waals surface area contributed by atoms with Crippen LogP contribution in [0.3, 0.4) is 0 Å². The zero-order valence-electron chi connectivity index (χ0n) is 16.5. The summed E-state index contributed by atoms with van der Waals surface area (Å²) in [5.41, 5.74) is 0.949. The molecule has 0 radical (unpaired) electrons. The fourth-order valence-corrected chi connectivity index (χ4v) is 4.71. The summed E-state index contributed by atoms with van der Waals surface area (Å²) < 4.78 is 11.8. The maximum absolute atomic E-state index is 11.0. The van der Waals surface area contributed by atoms with Crippen LogP contribution in [-0.4, -0.2) is 54.3 Å². The third-order valence-corrected chi connectivity index (χ3v) is 6.31. The van der Waals surface area contributed by atoms with E-state index in [0.29, 0.717) is 25.0 Å². The third kappa shape index (κ3) is 4.72.